The van der Waals surface area contributed by atoms with E-state index in [9.17, 15) is 14.0 Å². The third kappa shape index (κ3) is 5.28. The number of nitrogens with two attached hydrogens (primary N) is 1. The molecule has 8 heteroatoms. The third-order valence-corrected chi connectivity index (χ3v) is 5.06. The van der Waals surface area contributed by atoms with Crippen LogP contribution in [-0.2, 0) is 11.3 Å². The van der Waals surface area contributed by atoms with Crippen LogP contribution in [0.2, 0.25) is 5.02 Å². The van der Waals surface area contributed by atoms with Gasteiger partial charge in [-0.25, -0.2) is 4.39 Å². The van der Waals surface area contributed by atoms with E-state index in [1.165, 1.54) is 12.1 Å². The number of piperazine rings is 1. The second-order valence-electron chi connectivity index (χ2n) is 6.75. The Morgan fingerprint density at radius 1 is 1.07 bits per heavy atom. The van der Waals surface area contributed by atoms with Gasteiger partial charge in [0.05, 0.1) is 17.8 Å². The smallest absolute Gasteiger partial charge is 0.250 e. The molecule has 0 atom stereocenters. The average Bonchev–Trinajstić information content (AvgIpc) is 2.65. The summed E-state index contributed by atoms with van der Waals surface area (Å²) in [4.78, 5) is 28.0. The highest BCUT2D eigenvalue weighted by molar-refractivity contribution is 6.31. The Morgan fingerprint density at radius 3 is 2.43 bits per heavy atom. The van der Waals surface area contributed by atoms with E-state index in [2.05, 4.69) is 10.2 Å². The number of benzene rings is 2. The van der Waals surface area contributed by atoms with Gasteiger partial charge in [0.25, 0.3) is 5.91 Å². The zero-order valence-electron chi connectivity index (χ0n) is 15.3. The maximum absolute atomic E-state index is 13.2. The largest absolute Gasteiger partial charge is 0.366 e. The second kappa shape index (κ2) is 9.14. The molecule has 0 unspecified atom stereocenters. The van der Waals surface area contributed by atoms with Gasteiger partial charge in [0.2, 0.25) is 5.91 Å². The van der Waals surface area contributed by atoms with Gasteiger partial charge in [0.15, 0.2) is 0 Å². The minimum atomic E-state index is -0.580. The maximum atomic E-state index is 13.2. The first-order valence-corrected chi connectivity index (χ1v) is 9.37. The number of hydrogen-bond acceptors (Lipinski definition) is 4. The van der Waals surface area contributed by atoms with Gasteiger partial charge < -0.3 is 11.1 Å². The van der Waals surface area contributed by atoms with Crippen LogP contribution in [0.4, 0.5) is 10.1 Å². The van der Waals surface area contributed by atoms with Crippen LogP contribution >= 0.6 is 11.6 Å². The van der Waals surface area contributed by atoms with Crippen LogP contribution in [0.3, 0.4) is 0 Å². The van der Waals surface area contributed by atoms with Gasteiger partial charge in [-0.15, -0.1) is 0 Å². The van der Waals surface area contributed by atoms with Crippen LogP contribution in [-0.4, -0.2) is 54.3 Å². The average molecular weight is 405 g/mol. The number of hydrogen-bond donors (Lipinski definition) is 2. The van der Waals surface area contributed by atoms with Crippen molar-refractivity contribution >= 4 is 29.1 Å². The molecule has 0 saturated carbocycles. The number of amides is 2. The van der Waals surface area contributed by atoms with Gasteiger partial charge in [-0.2, -0.15) is 0 Å². The van der Waals surface area contributed by atoms with Crippen LogP contribution in [0, 0.1) is 5.82 Å². The van der Waals surface area contributed by atoms with Crippen molar-refractivity contribution in [2.24, 2.45) is 5.73 Å². The van der Waals surface area contributed by atoms with E-state index in [0.29, 0.717) is 17.3 Å². The van der Waals surface area contributed by atoms with Crippen molar-refractivity contribution in [1.82, 2.24) is 9.80 Å². The van der Waals surface area contributed by atoms with E-state index in [0.717, 1.165) is 31.7 Å². The molecule has 1 fully saturated rings. The molecule has 0 spiro atoms. The minimum Gasteiger partial charge on any atom is -0.366 e. The molecule has 2 aromatic carbocycles. The number of primary amides is 1. The summed E-state index contributed by atoms with van der Waals surface area (Å²) in [5.74, 6) is -1.12. The third-order valence-electron chi connectivity index (χ3n) is 4.71. The SMILES string of the molecule is NC(=O)c1ccccc1NC(=O)CN1CCN(Cc2ccc(F)cc2Cl)CC1. The lowest BCUT2D eigenvalue weighted by Crippen LogP contribution is -2.48. The fourth-order valence-corrected chi connectivity index (χ4v) is 3.42. The van der Waals surface area contributed by atoms with E-state index in [1.807, 2.05) is 4.90 Å². The molecule has 2 amide bonds. The van der Waals surface area contributed by atoms with E-state index in [4.69, 9.17) is 17.3 Å². The van der Waals surface area contributed by atoms with Crippen LogP contribution < -0.4 is 11.1 Å². The highest BCUT2D eigenvalue weighted by Crippen LogP contribution is 2.20. The Hall–Kier alpha value is -2.48. The lowest BCUT2D eigenvalue weighted by Gasteiger charge is -2.34. The molecule has 6 nitrogen and oxygen atoms in total. The summed E-state index contributed by atoms with van der Waals surface area (Å²) >= 11 is 6.10. The summed E-state index contributed by atoms with van der Waals surface area (Å²) in [6, 6.07) is 11.1. The first-order chi connectivity index (χ1) is 13.4. The van der Waals surface area contributed by atoms with E-state index in [1.54, 1.807) is 30.3 Å². The number of carbonyl (C=O) groups excluding carboxylic acids is 2. The van der Waals surface area contributed by atoms with Crippen molar-refractivity contribution in [2.75, 3.05) is 38.0 Å². The molecule has 1 aliphatic rings. The monoisotopic (exact) mass is 404 g/mol. The van der Waals surface area contributed by atoms with Crippen LogP contribution in [0.5, 0.6) is 0 Å². The number of carbonyl (C=O) groups is 2. The molecule has 0 radical (unpaired) electrons. The zero-order valence-corrected chi connectivity index (χ0v) is 16.1. The van der Waals surface area contributed by atoms with Gasteiger partial charge in [0, 0.05) is 37.7 Å². The summed E-state index contributed by atoms with van der Waals surface area (Å²) in [5, 5.41) is 3.18. The summed E-state index contributed by atoms with van der Waals surface area (Å²) < 4.78 is 13.2. The molecule has 1 heterocycles. The Morgan fingerprint density at radius 2 is 1.75 bits per heavy atom. The Kier molecular flexibility index (Phi) is 6.61. The fraction of sp³-hybridized carbons (Fsp3) is 0.300. The molecule has 2 aromatic rings. The van der Waals surface area contributed by atoms with Crippen LogP contribution in [0.15, 0.2) is 42.5 Å². The predicted octanol–water partition coefficient (Wildman–Crippen LogP) is 2.33. The molecule has 28 heavy (non-hydrogen) atoms. The highest BCUT2D eigenvalue weighted by atomic mass is 35.5. The molecule has 0 aliphatic carbocycles. The summed E-state index contributed by atoms with van der Waals surface area (Å²) in [5.41, 5.74) is 6.93. The first kappa shape index (κ1) is 20.3. The molecule has 3 rings (SSSR count). The molecular weight excluding hydrogens is 383 g/mol. The van der Waals surface area contributed by atoms with E-state index in [-0.39, 0.29) is 23.8 Å². The zero-order chi connectivity index (χ0) is 20.1. The predicted molar refractivity (Wildman–Crippen MR) is 107 cm³/mol. The van der Waals surface area contributed by atoms with Gasteiger partial charge in [0.1, 0.15) is 5.82 Å². The second-order valence-corrected chi connectivity index (χ2v) is 7.15. The van der Waals surface area contributed by atoms with Crippen molar-refractivity contribution in [3.63, 3.8) is 0 Å². The number of para-hydroxylation sites is 1. The van der Waals surface area contributed by atoms with Crippen molar-refractivity contribution < 1.29 is 14.0 Å². The van der Waals surface area contributed by atoms with Crippen molar-refractivity contribution in [1.29, 1.82) is 0 Å². The van der Waals surface area contributed by atoms with Gasteiger partial charge in [-0.05, 0) is 29.8 Å². The van der Waals surface area contributed by atoms with Crippen molar-refractivity contribution in [3.05, 3.63) is 64.4 Å². The summed E-state index contributed by atoms with van der Waals surface area (Å²) in [7, 11) is 0. The molecule has 1 saturated heterocycles. The van der Waals surface area contributed by atoms with Gasteiger partial charge >= 0.3 is 0 Å². The normalized spacial score (nSPS) is 15.4. The minimum absolute atomic E-state index is 0.191. The topological polar surface area (TPSA) is 78.7 Å². The highest BCUT2D eigenvalue weighted by Gasteiger charge is 2.20. The summed E-state index contributed by atoms with van der Waals surface area (Å²) in [6.45, 7) is 3.88. The molecule has 148 valence electrons. The summed E-state index contributed by atoms with van der Waals surface area (Å²) in [6.07, 6.45) is 0. The van der Waals surface area contributed by atoms with Crippen molar-refractivity contribution in [2.45, 2.75) is 6.54 Å². The van der Waals surface area contributed by atoms with Crippen LogP contribution in [0.25, 0.3) is 0 Å². The number of nitrogens with zero attached hydrogens (tertiary/aromatic N) is 2. The van der Waals surface area contributed by atoms with Crippen molar-refractivity contribution in [3.8, 4) is 0 Å². The Labute approximate surface area is 168 Å². The number of nitrogens with one attached hydrogen (secondary N) is 1. The van der Waals surface area contributed by atoms with E-state index >= 15 is 0 Å². The fourth-order valence-electron chi connectivity index (χ4n) is 3.20. The first-order valence-electron chi connectivity index (χ1n) is 8.99. The number of halogens is 2. The van der Waals surface area contributed by atoms with Gasteiger partial charge in [-0.1, -0.05) is 29.8 Å². The van der Waals surface area contributed by atoms with Gasteiger partial charge in [-0.3, -0.25) is 19.4 Å². The van der Waals surface area contributed by atoms with E-state index < -0.39 is 5.91 Å². The lowest BCUT2D eigenvalue weighted by molar-refractivity contribution is -0.117. The molecule has 0 aromatic heterocycles. The standard InChI is InChI=1S/C20H22ClFN4O2/c21-17-11-15(22)6-5-14(17)12-25-7-9-26(10-8-25)13-19(27)24-18-4-2-1-3-16(18)20(23)28/h1-6,11H,7-10,12-13H2,(H2,23,28)(H,24,27). The Bertz CT molecular complexity index is 869. The molecule has 3 N–H and O–H groups in total. The maximum Gasteiger partial charge on any atom is 0.250 e. The number of rotatable bonds is 6. The number of anilines is 1. The Balaban J connectivity index is 1.49. The van der Waals surface area contributed by atoms with Crippen LogP contribution in [0.1, 0.15) is 15.9 Å². The molecule has 1 aliphatic heterocycles. The molecule has 0 bridgehead atoms. The molecular formula is C20H22ClFN4O2. The quantitative estimate of drug-likeness (QED) is 0.774. The lowest BCUT2D eigenvalue weighted by atomic mass is 10.1.